The molecule has 2 N–H and O–H groups in total. The molecule has 2 rings (SSSR count). The van der Waals surface area contributed by atoms with Gasteiger partial charge in [-0.1, -0.05) is 6.42 Å². The van der Waals surface area contributed by atoms with Crippen molar-refractivity contribution in [3.8, 4) is 0 Å². The minimum Gasteiger partial charge on any atom is -0.391 e. The fourth-order valence-corrected chi connectivity index (χ4v) is 1.71. The van der Waals surface area contributed by atoms with Crippen molar-refractivity contribution in [1.82, 2.24) is 5.32 Å². The smallest absolute Gasteiger partial charge is 0.0721 e. The van der Waals surface area contributed by atoms with Crippen LogP contribution in [0.15, 0.2) is 0 Å². The first-order chi connectivity index (χ1) is 4.88. The molecule has 2 aliphatic rings. The Morgan fingerprint density at radius 3 is 2.30 bits per heavy atom. The molecule has 0 bridgehead atoms. The summed E-state index contributed by atoms with van der Waals surface area (Å²) in [6, 6.07) is 0.435. The molecule has 0 aromatic heterocycles. The van der Waals surface area contributed by atoms with Crippen LogP contribution in [0.2, 0.25) is 0 Å². The number of nitrogens with one attached hydrogen (secondary N) is 1. The Balaban J connectivity index is 1.79. The summed E-state index contributed by atoms with van der Waals surface area (Å²) < 4.78 is 0. The first kappa shape index (κ1) is 6.62. The maximum absolute atomic E-state index is 9.63. The Morgan fingerprint density at radius 2 is 2.00 bits per heavy atom. The third-order valence-electron chi connectivity index (χ3n) is 2.91. The monoisotopic (exact) mass is 141 g/mol. The van der Waals surface area contributed by atoms with E-state index in [-0.39, 0.29) is 6.10 Å². The van der Waals surface area contributed by atoms with E-state index in [1.807, 2.05) is 0 Å². The maximum Gasteiger partial charge on any atom is 0.0721 e. The first-order valence-electron chi connectivity index (χ1n) is 4.29. The molecule has 1 saturated carbocycles. The van der Waals surface area contributed by atoms with Crippen LogP contribution in [0, 0.1) is 5.92 Å². The third-order valence-corrected chi connectivity index (χ3v) is 2.91. The van der Waals surface area contributed by atoms with Gasteiger partial charge in [-0.3, -0.25) is 0 Å². The molecule has 2 atom stereocenters. The fraction of sp³-hybridized carbons (Fsp3) is 1.00. The highest BCUT2D eigenvalue weighted by molar-refractivity contribution is 4.90. The van der Waals surface area contributed by atoms with Gasteiger partial charge in [0.25, 0.3) is 0 Å². The van der Waals surface area contributed by atoms with Gasteiger partial charge in [0.05, 0.1) is 6.10 Å². The lowest BCUT2D eigenvalue weighted by Crippen LogP contribution is -2.54. The van der Waals surface area contributed by atoms with Crippen LogP contribution in [-0.2, 0) is 0 Å². The summed E-state index contributed by atoms with van der Waals surface area (Å²) in [7, 11) is 0. The topological polar surface area (TPSA) is 32.3 Å². The summed E-state index contributed by atoms with van der Waals surface area (Å²) in [5.74, 6) is 0.623. The van der Waals surface area contributed by atoms with Crippen LogP contribution in [0.5, 0.6) is 0 Å². The van der Waals surface area contributed by atoms with E-state index < -0.39 is 0 Å². The van der Waals surface area contributed by atoms with Crippen molar-refractivity contribution in [2.24, 2.45) is 5.92 Å². The van der Waals surface area contributed by atoms with Crippen LogP contribution in [0.3, 0.4) is 0 Å². The summed E-state index contributed by atoms with van der Waals surface area (Å²) >= 11 is 0. The van der Waals surface area contributed by atoms with Crippen LogP contribution in [0.1, 0.15) is 25.7 Å². The highest BCUT2D eigenvalue weighted by Gasteiger charge is 2.34. The summed E-state index contributed by atoms with van der Waals surface area (Å²) in [6.07, 6.45) is 4.97. The van der Waals surface area contributed by atoms with Crippen LogP contribution >= 0.6 is 0 Å². The lowest BCUT2D eigenvalue weighted by Gasteiger charge is -2.40. The number of aliphatic hydroxyl groups excluding tert-OH is 1. The molecule has 0 radical (unpaired) electrons. The van der Waals surface area contributed by atoms with Crippen LogP contribution in [0.4, 0.5) is 0 Å². The van der Waals surface area contributed by atoms with E-state index >= 15 is 0 Å². The molecule has 0 aromatic rings. The van der Waals surface area contributed by atoms with Crippen molar-refractivity contribution in [3.05, 3.63) is 0 Å². The molecule has 0 amide bonds. The quantitative estimate of drug-likeness (QED) is 0.587. The van der Waals surface area contributed by atoms with E-state index in [1.54, 1.807) is 0 Å². The van der Waals surface area contributed by atoms with E-state index in [2.05, 4.69) is 5.32 Å². The highest BCUT2D eigenvalue weighted by atomic mass is 16.3. The van der Waals surface area contributed by atoms with Gasteiger partial charge >= 0.3 is 0 Å². The molecule has 1 heterocycles. The van der Waals surface area contributed by atoms with Crippen molar-refractivity contribution in [1.29, 1.82) is 0 Å². The lowest BCUT2D eigenvalue weighted by atomic mass is 9.77. The SMILES string of the molecule is OC(C1CCC1)C1CCN1. The Bertz CT molecular complexity index is 104. The second-order valence-electron chi connectivity index (χ2n) is 3.53. The average molecular weight is 141 g/mol. The minimum absolute atomic E-state index is 0.0394. The zero-order chi connectivity index (χ0) is 6.97. The van der Waals surface area contributed by atoms with Gasteiger partial charge in [-0.2, -0.15) is 0 Å². The summed E-state index contributed by atoms with van der Waals surface area (Å²) in [5, 5.41) is 12.9. The van der Waals surface area contributed by atoms with E-state index in [0.717, 1.165) is 6.54 Å². The lowest BCUT2D eigenvalue weighted by molar-refractivity contribution is 0.0114. The third kappa shape index (κ3) is 0.956. The number of aliphatic hydroxyl groups is 1. The standard InChI is InChI=1S/C8H15NO/c10-8(6-2-1-3-6)7-4-5-9-7/h6-10H,1-5H2. The van der Waals surface area contributed by atoms with Crippen LogP contribution < -0.4 is 5.32 Å². The molecule has 58 valence electrons. The summed E-state index contributed by atoms with van der Waals surface area (Å²) in [6.45, 7) is 1.11. The van der Waals surface area contributed by atoms with E-state index in [0.29, 0.717) is 12.0 Å². The van der Waals surface area contributed by atoms with Crippen molar-refractivity contribution < 1.29 is 5.11 Å². The maximum atomic E-state index is 9.63. The second-order valence-corrected chi connectivity index (χ2v) is 3.53. The normalized spacial score (nSPS) is 36.3. The molecular weight excluding hydrogens is 126 g/mol. The van der Waals surface area contributed by atoms with E-state index in [1.165, 1.54) is 25.7 Å². The summed E-state index contributed by atoms with van der Waals surface area (Å²) in [5.41, 5.74) is 0. The number of hydrogen-bond donors (Lipinski definition) is 2. The molecule has 0 spiro atoms. The zero-order valence-corrected chi connectivity index (χ0v) is 6.21. The fourth-order valence-electron chi connectivity index (χ4n) is 1.71. The van der Waals surface area contributed by atoms with E-state index in [9.17, 15) is 5.11 Å². The van der Waals surface area contributed by atoms with Gasteiger partial charge in [0, 0.05) is 6.04 Å². The van der Waals surface area contributed by atoms with Gasteiger partial charge in [-0.05, 0) is 31.7 Å². The predicted molar refractivity (Wildman–Crippen MR) is 39.8 cm³/mol. The molecule has 1 saturated heterocycles. The Kier molecular flexibility index (Phi) is 1.66. The van der Waals surface area contributed by atoms with Gasteiger partial charge in [0.2, 0.25) is 0 Å². The van der Waals surface area contributed by atoms with Gasteiger partial charge < -0.3 is 10.4 Å². The minimum atomic E-state index is -0.0394. The predicted octanol–water partition coefficient (Wildman–Crippen LogP) is 0.509. The molecule has 2 nitrogen and oxygen atoms in total. The molecule has 2 fully saturated rings. The molecular formula is C8H15NO. The second kappa shape index (κ2) is 2.51. The molecule has 2 heteroatoms. The number of hydrogen-bond acceptors (Lipinski definition) is 2. The Labute approximate surface area is 61.6 Å². The van der Waals surface area contributed by atoms with Crippen LogP contribution in [0.25, 0.3) is 0 Å². The highest BCUT2D eigenvalue weighted by Crippen LogP contribution is 2.32. The van der Waals surface area contributed by atoms with Crippen molar-refractivity contribution in [2.45, 2.75) is 37.8 Å². The first-order valence-corrected chi connectivity index (χ1v) is 4.29. The van der Waals surface area contributed by atoms with Crippen molar-refractivity contribution in [2.75, 3.05) is 6.54 Å². The van der Waals surface area contributed by atoms with Gasteiger partial charge in [-0.25, -0.2) is 0 Å². The molecule has 10 heavy (non-hydrogen) atoms. The van der Waals surface area contributed by atoms with Gasteiger partial charge in [0.1, 0.15) is 0 Å². The van der Waals surface area contributed by atoms with E-state index in [4.69, 9.17) is 0 Å². The van der Waals surface area contributed by atoms with Crippen molar-refractivity contribution >= 4 is 0 Å². The number of rotatable bonds is 2. The molecule has 1 aliphatic carbocycles. The molecule has 1 aliphatic heterocycles. The van der Waals surface area contributed by atoms with Crippen LogP contribution in [-0.4, -0.2) is 23.8 Å². The Morgan fingerprint density at radius 1 is 1.30 bits per heavy atom. The summed E-state index contributed by atoms with van der Waals surface area (Å²) in [4.78, 5) is 0. The van der Waals surface area contributed by atoms with Gasteiger partial charge in [0.15, 0.2) is 0 Å². The van der Waals surface area contributed by atoms with Crippen molar-refractivity contribution in [3.63, 3.8) is 0 Å². The largest absolute Gasteiger partial charge is 0.391 e. The zero-order valence-electron chi connectivity index (χ0n) is 6.21. The van der Waals surface area contributed by atoms with Gasteiger partial charge in [-0.15, -0.1) is 0 Å². The average Bonchev–Trinajstić information content (AvgIpc) is 1.52. The molecule has 0 aromatic carbocycles. The molecule has 2 unspecified atom stereocenters. The Hall–Kier alpha value is -0.0800.